The van der Waals surface area contributed by atoms with Crippen LogP contribution < -0.4 is 0 Å². The van der Waals surface area contributed by atoms with Crippen molar-refractivity contribution in [3.8, 4) is 0 Å². The third-order valence-electron chi connectivity index (χ3n) is 7.53. The first-order valence-corrected chi connectivity index (χ1v) is 13.8. The minimum absolute atomic E-state index is 0.224. The fourth-order valence-electron chi connectivity index (χ4n) is 5.52. The molecule has 0 saturated heterocycles. The molecule has 0 saturated carbocycles. The third kappa shape index (κ3) is 5.39. The van der Waals surface area contributed by atoms with Gasteiger partial charge in [-0.2, -0.15) is 0 Å². The summed E-state index contributed by atoms with van der Waals surface area (Å²) in [5.74, 6) is -0.514. The Bertz CT molecular complexity index is 1610. The first-order valence-electron chi connectivity index (χ1n) is 13.8. The molecule has 0 fully saturated rings. The average Bonchev–Trinajstić information content (AvgIpc) is 2.99. The number of carbonyl (C=O) groups excluding carboxylic acids is 2. The summed E-state index contributed by atoms with van der Waals surface area (Å²) >= 11 is 0. The number of hydrogen-bond acceptors (Lipinski definition) is 4. The second-order valence-corrected chi connectivity index (χ2v) is 10.1. The first-order chi connectivity index (χ1) is 19.7. The molecule has 40 heavy (non-hydrogen) atoms. The zero-order chi connectivity index (χ0) is 27.3. The molecule has 0 N–H and O–H groups in total. The summed E-state index contributed by atoms with van der Waals surface area (Å²) in [5.41, 5.74) is 2.04. The minimum Gasteiger partial charge on any atom is -0.461 e. The lowest BCUT2D eigenvalue weighted by Gasteiger charge is -2.13. The monoisotopic (exact) mass is 526 g/mol. The van der Waals surface area contributed by atoms with Gasteiger partial charge in [0.2, 0.25) is 0 Å². The lowest BCUT2D eigenvalue weighted by Crippen LogP contribution is -2.07. The number of ether oxygens (including phenoxy) is 2. The normalized spacial score (nSPS) is 11.3. The van der Waals surface area contributed by atoms with E-state index in [0.717, 1.165) is 54.2 Å². The SMILES string of the molecule is O=C(CCCCC(=O)OCc1c2ccccc2cc2ccccc12)OCc1c2ccccc2cc2ccccc12. The van der Waals surface area contributed by atoms with Crippen molar-refractivity contribution >= 4 is 55.0 Å². The maximum atomic E-state index is 12.6. The Balaban J connectivity index is 1.02. The molecule has 4 nitrogen and oxygen atoms in total. The zero-order valence-corrected chi connectivity index (χ0v) is 22.3. The summed E-state index contributed by atoms with van der Waals surface area (Å²) in [7, 11) is 0. The van der Waals surface area contributed by atoms with Crippen molar-refractivity contribution in [3.63, 3.8) is 0 Å². The molecule has 0 spiro atoms. The Morgan fingerprint density at radius 3 is 1.07 bits per heavy atom. The molecule has 0 heterocycles. The second-order valence-electron chi connectivity index (χ2n) is 10.1. The van der Waals surface area contributed by atoms with Gasteiger partial charge in [0.05, 0.1) is 0 Å². The molecule has 0 aromatic heterocycles. The van der Waals surface area contributed by atoms with Crippen LogP contribution in [-0.4, -0.2) is 11.9 Å². The lowest BCUT2D eigenvalue weighted by molar-refractivity contribution is -0.147. The molecule has 0 aliphatic rings. The van der Waals surface area contributed by atoms with Gasteiger partial charge in [-0.1, -0.05) is 97.1 Å². The van der Waals surface area contributed by atoms with E-state index in [-0.39, 0.29) is 38.0 Å². The van der Waals surface area contributed by atoms with Gasteiger partial charge in [-0.05, 0) is 68.1 Å². The van der Waals surface area contributed by atoms with Crippen LogP contribution in [0.4, 0.5) is 0 Å². The Kier molecular flexibility index (Phi) is 7.41. The van der Waals surface area contributed by atoms with Crippen molar-refractivity contribution in [2.75, 3.05) is 0 Å². The van der Waals surface area contributed by atoms with Gasteiger partial charge in [-0.25, -0.2) is 0 Å². The quantitative estimate of drug-likeness (QED) is 0.107. The van der Waals surface area contributed by atoms with Crippen LogP contribution in [0.1, 0.15) is 36.8 Å². The van der Waals surface area contributed by atoms with Gasteiger partial charge in [0, 0.05) is 24.0 Å². The molecule has 0 aliphatic heterocycles. The summed E-state index contributed by atoms with van der Waals surface area (Å²) in [6, 6.07) is 37.0. The zero-order valence-electron chi connectivity index (χ0n) is 22.3. The number of esters is 2. The lowest BCUT2D eigenvalue weighted by atomic mass is 9.97. The number of benzene rings is 6. The van der Waals surface area contributed by atoms with Crippen LogP contribution in [0.2, 0.25) is 0 Å². The fourth-order valence-corrected chi connectivity index (χ4v) is 5.52. The maximum Gasteiger partial charge on any atom is 0.306 e. The van der Waals surface area contributed by atoms with Crippen LogP contribution in [-0.2, 0) is 32.3 Å². The van der Waals surface area contributed by atoms with Crippen molar-refractivity contribution in [2.24, 2.45) is 0 Å². The van der Waals surface area contributed by atoms with Crippen molar-refractivity contribution in [1.82, 2.24) is 0 Å². The number of carbonyl (C=O) groups is 2. The highest BCUT2D eigenvalue weighted by Crippen LogP contribution is 2.30. The molecule has 0 aliphatic carbocycles. The first kappa shape index (κ1) is 25.6. The van der Waals surface area contributed by atoms with Crippen LogP contribution in [0.5, 0.6) is 0 Å². The largest absolute Gasteiger partial charge is 0.461 e. The number of rotatable bonds is 9. The van der Waals surface area contributed by atoms with Gasteiger partial charge in [-0.3, -0.25) is 9.59 Å². The molecule has 6 aromatic carbocycles. The summed E-state index contributed by atoms with van der Waals surface area (Å²) in [4.78, 5) is 25.1. The third-order valence-corrected chi connectivity index (χ3v) is 7.53. The summed E-state index contributed by atoms with van der Waals surface area (Å²) < 4.78 is 11.4. The Hall–Kier alpha value is -4.70. The Morgan fingerprint density at radius 1 is 0.450 bits per heavy atom. The van der Waals surface area contributed by atoms with E-state index in [1.807, 2.05) is 48.5 Å². The predicted octanol–water partition coefficient (Wildman–Crippen LogP) is 8.65. The summed E-state index contributed by atoms with van der Waals surface area (Å²) in [6.45, 7) is 0.448. The molecule has 6 rings (SSSR count). The second kappa shape index (κ2) is 11.6. The standard InChI is InChI=1S/C36H30O4/c37-35(39-23-33-29-15-5-1-11-25(29)21-26-12-2-6-16-30(26)33)19-9-10-20-36(38)40-24-34-31-17-7-3-13-27(31)22-28-14-4-8-18-32(28)34/h1-8,11-18,21-22H,9-10,19-20,23-24H2. The molecule has 4 heteroatoms. The van der Waals surface area contributed by atoms with Gasteiger partial charge in [0.15, 0.2) is 0 Å². The topological polar surface area (TPSA) is 52.6 Å². The van der Waals surface area contributed by atoms with E-state index < -0.39 is 0 Å². The molecule has 0 unspecified atom stereocenters. The van der Waals surface area contributed by atoms with E-state index >= 15 is 0 Å². The highest BCUT2D eigenvalue weighted by molar-refractivity contribution is 6.03. The van der Waals surface area contributed by atoms with Gasteiger partial charge in [0.1, 0.15) is 13.2 Å². The van der Waals surface area contributed by atoms with Crippen molar-refractivity contribution < 1.29 is 19.1 Å². The van der Waals surface area contributed by atoms with Crippen molar-refractivity contribution in [3.05, 3.63) is 120 Å². The van der Waals surface area contributed by atoms with E-state index in [1.54, 1.807) is 0 Å². The smallest absolute Gasteiger partial charge is 0.306 e. The van der Waals surface area contributed by atoms with Crippen LogP contribution in [0.15, 0.2) is 109 Å². The van der Waals surface area contributed by atoms with Crippen molar-refractivity contribution in [1.29, 1.82) is 0 Å². The summed E-state index contributed by atoms with van der Waals surface area (Å²) in [6.07, 6.45) is 1.68. The minimum atomic E-state index is -0.257. The molecule has 0 amide bonds. The van der Waals surface area contributed by atoms with Gasteiger partial charge in [0.25, 0.3) is 0 Å². The van der Waals surface area contributed by atoms with E-state index in [0.29, 0.717) is 12.8 Å². The molecular weight excluding hydrogens is 496 g/mol. The van der Waals surface area contributed by atoms with Crippen LogP contribution in [0.3, 0.4) is 0 Å². The highest BCUT2D eigenvalue weighted by atomic mass is 16.5. The summed E-state index contributed by atoms with van der Waals surface area (Å²) in [5, 5.41) is 8.88. The van der Waals surface area contributed by atoms with E-state index in [4.69, 9.17) is 9.47 Å². The molecule has 0 bridgehead atoms. The average molecular weight is 527 g/mol. The highest BCUT2D eigenvalue weighted by Gasteiger charge is 2.13. The van der Waals surface area contributed by atoms with E-state index in [1.165, 1.54) is 0 Å². The number of hydrogen-bond donors (Lipinski definition) is 0. The van der Waals surface area contributed by atoms with Gasteiger partial charge >= 0.3 is 11.9 Å². The Morgan fingerprint density at radius 2 is 0.750 bits per heavy atom. The van der Waals surface area contributed by atoms with Crippen molar-refractivity contribution in [2.45, 2.75) is 38.9 Å². The predicted molar refractivity (Wildman–Crippen MR) is 161 cm³/mol. The van der Waals surface area contributed by atoms with E-state index in [2.05, 4.69) is 60.7 Å². The van der Waals surface area contributed by atoms with Crippen LogP contribution >= 0.6 is 0 Å². The van der Waals surface area contributed by atoms with Crippen LogP contribution in [0.25, 0.3) is 43.1 Å². The number of fused-ring (bicyclic) bond motifs is 4. The molecule has 0 atom stereocenters. The molecular formula is C36H30O4. The van der Waals surface area contributed by atoms with Gasteiger partial charge < -0.3 is 9.47 Å². The molecule has 198 valence electrons. The molecule has 6 aromatic rings. The molecule has 0 radical (unpaired) electrons. The van der Waals surface area contributed by atoms with E-state index in [9.17, 15) is 9.59 Å². The Labute approximate surface area is 233 Å². The van der Waals surface area contributed by atoms with Crippen LogP contribution in [0, 0.1) is 0 Å². The fraction of sp³-hybridized carbons (Fsp3) is 0.167. The maximum absolute atomic E-state index is 12.6. The van der Waals surface area contributed by atoms with Gasteiger partial charge in [-0.15, -0.1) is 0 Å². The number of unbranched alkanes of at least 4 members (excludes halogenated alkanes) is 1.